The lowest BCUT2D eigenvalue weighted by Crippen LogP contribution is -2.59. The lowest BCUT2D eigenvalue weighted by Gasteiger charge is -2.42. The molecule has 86 valence electrons. The van der Waals surface area contributed by atoms with Crippen LogP contribution in [0.25, 0.3) is 0 Å². The van der Waals surface area contributed by atoms with Crippen LogP contribution >= 0.6 is 0 Å². The zero-order valence-electron chi connectivity index (χ0n) is 10.6. The summed E-state index contributed by atoms with van der Waals surface area (Å²) in [5, 5.41) is 0. The highest BCUT2D eigenvalue weighted by Crippen LogP contribution is 2.36. The average molecular weight is 217 g/mol. The van der Waals surface area contributed by atoms with Gasteiger partial charge in [-0.25, -0.2) is 0 Å². The minimum atomic E-state index is -1.78. The average Bonchev–Trinajstić information content (AvgIpc) is 2.11. The Hall–Kier alpha value is 0.137. The second-order valence-electron chi connectivity index (χ2n) is 4.61. The molecule has 1 atom stereocenters. The highest BCUT2D eigenvalue weighted by atomic mass is 28.4. The van der Waals surface area contributed by atoms with Gasteiger partial charge in [-0.05, 0) is 24.4 Å². The molecule has 0 radical (unpaired) electrons. The van der Waals surface area contributed by atoms with Crippen molar-refractivity contribution in [2.75, 3.05) is 6.61 Å². The summed E-state index contributed by atoms with van der Waals surface area (Å²) in [6.45, 7) is 14.1. The Labute approximate surface area is 90.3 Å². The number of hydrogen-bond acceptors (Lipinski definition) is 2. The largest absolute Gasteiger partial charge is 0.415 e. The summed E-state index contributed by atoms with van der Waals surface area (Å²) in [6, 6.07) is 0. The summed E-state index contributed by atoms with van der Waals surface area (Å²) in [7, 11) is -1.78. The third kappa shape index (κ3) is 2.58. The van der Waals surface area contributed by atoms with Crippen LogP contribution < -0.4 is 5.73 Å². The fraction of sp³-hybridized carbons (Fsp3) is 1.00. The maximum atomic E-state index is 6.28. The Kier molecular flexibility index (Phi) is 5.94. The van der Waals surface area contributed by atoms with Gasteiger partial charge in [0.2, 0.25) is 8.32 Å². The fourth-order valence-corrected chi connectivity index (χ4v) is 7.60. The third-order valence-corrected chi connectivity index (χ3v) is 9.18. The van der Waals surface area contributed by atoms with E-state index in [4.69, 9.17) is 10.2 Å². The maximum Gasteiger partial charge on any atom is 0.213 e. The van der Waals surface area contributed by atoms with E-state index in [0.717, 1.165) is 13.0 Å². The molecule has 0 saturated heterocycles. The van der Waals surface area contributed by atoms with Gasteiger partial charge in [0.1, 0.15) is 0 Å². The van der Waals surface area contributed by atoms with Gasteiger partial charge in [-0.3, -0.25) is 0 Å². The molecule has 0 aliphatic carbocycles. The van der Waals surface area contributed by atoms with Gasteiger partial charge < -0.3 is 10.2 Å². The first-order valence-corrected chi connectivity index (χ1v) is 7.96. The summed E-state index contributed by atoms with van der Waals surface area (Å²) in [4.78, 5) is 0. The molecule has 0 aliphatic rings. The molecule has 0 bridgehead atoms. The summed E-state index contributed by atoms with van der Waals surface area (Å²) < 4.78 is 6.12. The molecule has 2 nitrogen and oxygen atoms in total. The standard InChI is InChI=1S/C11H27NOSi/c1-7-11(12)14(9(3)4,10(5)6)13-8-2/h9-11H,7-8,12H2,1-6H3. The van der Waals surface area contributed by atoms with Gasteiger partial charge in [0.05, 0.1) is 0 Å². The molecule has 0 fully saturated rings. The molecule has 0 amide bonds. The molecule has 0 aliphatic heterocycles. The highest BCUT2D eigenvalue weighted by Gasteiger charge is 2.46. The normalized spacial score (nSPS) is 15.2. The van der Waals surface area contributed by atoms with E-state index in [9.17, 15) is 0 Å². The minimum Gasteiger partial charge on any atom is -0.415 e. The predicted octanol–water partition coefficient (Wildman–Crippen LogP) is 3.06. The van der Waals surface area contributed by atoms with Gasteiger partial charge in [0, 0.05) is 12.3 Å². The van der Waals surface area contributed by atoms with Crippen LogP contribution in [-0.4, -0.2) is 20.6 Å². The van der Waals surface area contributed by atoms with Crippen molar-refractivity contribution in [3.63, 3.8) is 0 Å². The molecule has 0 aromatic heterocycles. The van der Waals surface area contributed by atoms with E-state index < -0.39 is 8.32 Å². The van der Waals surface area contributed by atoms with Crippen molar-refractivity contribution in [3.8, 4) is 0 Å². The van der Waals surface area contributed by atoms with Gasteiger partial charge in [-0.1, -0.05) is 34.6 Å². The monoisotopic (exact) mass is 217 g/mol. The van der Waals surface area contributed by atoms with Crippen molar-refractivity contribution in [2.45, 2.75) is 64.7 Å². The maximum absolute atomic E-state index is 6.28. The third-order valence-electron chi connectivity index (χ3n) is 3.22. The molecule has 0 spiro atoms. The second-order valence-corrected chi connectivity index (χ2v) is 9.66. The molecular weight excluding hydrogens is 190 g/mol. The molecule has 0 heterocycles. The van der Waals surface area contributed by atoms with Crippen LogP contribution in [0.1, 0.15) is 48.0 Å². The Morgan fingerprint density at radius 3 is 1.71 bits per heavy atom. The molecule has 0 rings (SSSR count). The topological polar surface area (TPSA) is 35.2 Å². The van der Waals surface area contributed by atoms with E-state index in [2.05, 4.69) is 41.5 Å². The van der Waals surface area contributed by atoms with Gasteiger partial charge >= 0.3 is 0 Å². The molecule has 14 heavy (non-hydrogen) atoms. The Morgan fingerprint density at radius 2 is 1.50 bits per heavy atom. The molecule has 0 saturated carbocycles. The van der Waals surface area contributed by atoms with Crippen molar-refractivity contribution >= 4 is 8.32 Å². The van der Waals surface area contributed by atoms with Crippen LogP contribution in [0.3, 0.4) is 0 Å². The van der Waals surface area contributed by atoms with Gasteiger partial charge in [-0.2, -0.15) is 0 Å². The van der Waals surface area contributed by atoms with Crippen LogP contribution in [0.5, 0.6) is 0 Å². The lowest BCUT2D eigenvalue weighted by molar-refractivity contribution is 0.293. The molecule has 1 unspecified atom stereocenters. The van der Waals surface area contributed by atoms with Crippen molar-refractivity contribution < 1.29 is 4.43 Å². The first-order valence-electron chi connectivity index (χ1n) is 5.82. The van der Waals surface area contributed by atoms with Crippen LogP contribution in [0.15, 0.2) is 0 Å². The highest BCUT2D eigenvalue weighted by molar-refractivity contribution is 6.77. The number of hydrogen-bond donors (Lipinski definition) is 1. The molecule has 0 aromatic carbocycles. The predicted molar refractivity (Wildman–Crippen MR) is 65.8 cm³/mol. The van der Waals surface area contributed by atoms with Gasteiger partial charge in [-0.15, -0.1) is 0 Å². The first-order chi connectivity index (χ1) is 6.43. The van der Waals surface area contributed by atoms with Crippen molar-refractivity contribution in [2.24, 2.45) is 5.73 Å². The zero-order valence-corrected chi connectivity index (χ0v) is 11.6. The van der Waals surface area contributed by atoms with E-state index in [-0.39, 0.29) is 5.67 Å². The van der Waals surface area contributed by atoms with Gasteiger partial charge in [0.25, 0.3) is 0 Å². The smallest absolute Gasteiger partial charge is 0.213 e. The summed E-state index contributed by atoms with van der Waals surface area (Å²) >= 11 is 0. The number of rotatable bonds is 6. The van der Waals surface area contributed by atoms with Gasteiger partial charge in [0.15, 0.2) is 0 Å². The molecule has 3 heteroatoms. The number of nitrogens with two attached hydrogens (primary N) is 1. The Bertz CT molecular complexity index is 151. The quantitative estimate of drug-likeness (QED) is 0.694. The first kappa shape index (κ1) is 14.1. The van der Waals surface area contributed by atoms with Crippen LogP contribution in [0, 0.1) is 0 Å². The van der Waals surface area contributed by atoms with E-state index >= 15 is 0 Å². The van der Waals surface area contributed by atoms with E-state index in [1.54, 1.807) is 0 Å². The SMILES string of the molecule is CCO[Si](C(C)C)(C(C)C)C(N)CC. The zero-order chi connectivity index (χ0) is 11.4. The lowest BCUT2D eigenvalue weighted by atomic mass is 10.5. The molecule has 2 N–H and O–H groups in total. The van der Waals surface area contributed by atoms with E-state index in [1.165, 1.54) is 0 Å². The van der Waals surface area contributed by atoms with Crippen molar-refractivity contribution in [3.05, 3.63) is 0 Å². The van der Waals surface area contributed by atoms with E-state index in [0.29, 0.717) is 11.1 Å². The van der Waals surface area contributed by atoms with Crippen LogP contribution in [0.4, 0.5) is 0 Å². The second kappa shape index (κ2) is 5.88. The van der Waals surface area contributed by atoms with Crippen molar-refractivity contribution in [1.82, 2.24) is 0 Å². The molecule has 0 aromatic rings. The summed E-state index contributed by atoms with van der Waals surface area (Å²) in [5.41, 5.74) is 7.73. The van der Waals surface area contributed by atoms with Crippen LogP contribution in [0.2, 0.25) is 11.1 Å². The summed E-state index contributed by atoms with van der Waals surface area (Å²) in [5.74, 6) is 0. The summed E-state index contributed by atoms with van der Waals surface area (Å²) in [6.07, 6.45) is 1.03. The molecular formula is C11H27NOSi. The minimum absolute atomic E-state index is 0.266. The fourth-order valence-electron chi connectivity index (χ4n) is 2.53. The Morgan fingerprint density at radius 1 is 1.07 bits per heavy atom. The van der Waals surface area contributed by atoms with Crippen LogP contribution in [-0.2, 0) is 4.43 Å². The Balaban J connectivity index is 4.93. The van der Waals surface area contributed by atoms with E-state index in [1.807, 2.05) is 0 Å². The van der Waals surface area contributed by atoms with Crippen molar-refractivity contribution in [1.29, 1.82) is 0 Å².